The minimum Gasteiger partial charge on any atom is -0.493 e. The molecule has 0 aliphatic carbocycles. The van der Waals surface area contributed by atoms with Crippen molar-refractivity contribution in [1.82, 2.24) is 5.32 Å². The van der Waals surface area contributed by atoms with Crippen LogP contribution >= 0.6 is 0 Å². The van der Waals surface area contributed by atoms with Crippen molar-refractivity contribution in [2.45, 2.75) is 23.0 Å². The lowest BCUT2D eigenvalue weighted by atomic mass is 10.1. The highest BCUT2D eigenvalue weighted by molar-refractivity contribution is 7.91. The van der Waals surface area contributed by atoms with Crippen molar-refractivity contribution in [3.63, 3.8) is 0 Å². The Morgan fingerprint density at radius 1 is 1.09 bits per heavy atom. The van der Waals surface area contributed by atoms with Crippen LogP contribution in [-0.4, -0.2) is 47.5 Å². The van der Waals surface area contributed by atoms with Crippen LogP contribution in [0.2, 0.25) is 0 Å². The molecule has 4 rings (SSSR count). The van der Waals surface area contributed by atoms with Crippen LogP contribution in [0.4, 0.5) is 5.69 Å². The van der Waals surface area contributed by atoms with Crippen LogP contribution in [-0.2, 0) is 25.8 Å². The van der Waals surface area contributed by atoms with Crippen molar-refractivity contribution >= 4 is 27.3 Å². The van der Waals surface area contributed by atoms with E-state index in [4.69, 9.17) is 13.9 Å². The maximum absolute atomic E-state index is 13.4. The molecule has 0 bridgehead atoms. The van der Waals surface area contributed by atoms with Gasteiger partial charge >= 0.3 is 0 Å². The van der Waals surface area contributed by atoms with E-state index in [1.807, 2.05) is 12.1 Å². The van der Waals surface area contributed by atoms with Crippen LogP contribution in [0.25, 0.3) is 0 Å². The smallest absolute Gasteiger partial charge is 0.240 e. The van der Waals surface area contributed by atoms with Gasteiger partial charge in [0.15, 0.2) is 21.3 Å². The third-order valence-electron chi connectivity index (χ3n) is 5.84. The van der Waals surface area contributed by atoms with Crippen LogP contribution < -0.4 is 19.7 Å². The Labute approximate surface area is 203 Å². The number of fused-ring (bicyclic) bond motifs is 1. The standard InChI is InChI=1S/C25H26N2O7S/c1-32-19-10-9-17(14-21(19)33-2)11-12-26-24(28)16-27-18-6-3-4-8-22(18)35(30,31)23(15-25(27)29)20-7-5-13-34-20/h3-10,13-14,23H,11-12,15-16H2,1-2H3,(H,26,28). The molecule has 9 nitrogen and oxygen atoms in total. The van der Waals surface area contributed by atoms with E-state index in [1.165, 1.54) is 29.4 Å². The van der Waals surface area contributed by atoms with E-state index < -0.39 is 26.9 Å². The van der Waals surface area contributed by atoms with Crippen LogP contribution in [0.3, 0.4) is 0 Å². The van der Waals surface area contributed by atoms with Gasteiger partial charge in [0.25, 0.3) is 0 Å². The van der Waals surface area contributed by atoms with E-state index in [0.717, 1.165) is 5.56 Å². The monoisotopic (exact) mass is 498 g/mol. The fourth-order valence-corrected chi connectivity index (χ4v) is 5.92. The summed E-state index contributed by atoms with van der Waals surface area (Å²) in [5.41, 5.74) is 1.12. The molecule has 184 valence electrons. The van der Waals surface area contributed by atoms with E-state index in [-0.39, 0.29) is 29.3 Å². The first-order chi connectivity index (χ1) is 16.8. The molecule has 1 aliphatic heterocycles. The average Bonchev–Trinajstić information content (AvgIpc) is 3.37. The number of sulfone groups is 1. The lowest BCUT2D eigenvalue weighted by Gasteiger charge is -2.21. The first-order valence-electron chi connectivity index (χ1n) is 11.0. The Hall–Kier alpha value is -3.79. The van der Waals surface area contributed by atoms with Crippen molar-refractivity contribution in [1.29, 1.82) is 0 Å². The van der Waals surface area contributed by atoms with E-state index >= 15 is 0 Å². The highest BCUT2D eigenvalue weighted by Crippen LogP contribution is 2.40. The molecule has 0 fully saturated rings. The average molecular weight is 499 g/mol. The number of carbonyl (C=O) groups is 2. The molecule has 1 N–H and O–H groups in total. The molecule has 35 heavy (non-hydrogen) atoms. The van der Waals surface area contributed by atoms with Gasteiger partial charge in [-0.05, 0) is 48.4 Å². The summed E-state index contributed by atoms with van der Waals surface area (Å²) in [6.07, 6.45) is 1.57. The number of rotatable bonds is 8. The second kappa shape index (κ2) is 10.2. The zero-order valence-electron chi connectivity index (χ0n) is 19.4. The molecule has 0 saturated heterocycles. The summed E-state index contributed by atoms with van der Waals surface area (Å²) in [6.45, 7) is 0.0213. The number of amides is 2. The summed E-state index contributed by atoms with van der Waals surface area (Å²) < 4.78 is 42.6. The lowest BCUT2D eigenvalue weighted by Crippen LogP contribution is -2.41. The number of para-hydroxylation sites is 1. The second-order valence-corrected chi connectivity index (χ2v) is 10.1. The highest BCUT2D eigenvalue weighted by Gasteiger charge is 2.41. The van der Waals surface area contributed by atoms with Gasteiger partial charge in [0.1, 0.15) is 17.6 Å². The molecule has 2 amide bonds. The number of nitrogens with one attached hydrogen (secondary N) is 1. The number of anilines is 1. The largest absolute Gasteiger partial charge is 0.493 e. The number of methoxy groups -OCH3 is 2. The van der Waals surface area contributed by atoms with Crippen molar-refractivity contribution in [2.24, 2.45) is 0 Å². The molecule has 2 heterocycles. The number of ether oxygens (including phenoxy) is 2. The Morgan fingerprint density at radius 3 is 2.57 bits per heavy atom. The van der Waals surface area contributed by atoms with Gasteiger partial charge in [-0.25, -0.2) is 8.42 Å². The minimum atomic E-state index is -3.92. The molecule has 1 aliphatic rings. The van der Waals surface area contributed by atoms with Gasteiger partial charge in [0, 0.05) is 6.54 Å². The third-order valence-corrected chi connectivity index (χ3v) is 7.95. The van der Waals surface area contributed by atoms with Gasteiger partial charge < -0.3 is 24.1 Å². The summed E-state index contributed by atoms with van der Waals surface area (Å²) >= 11 is 0. The summed E-state index contributed by atoms with van der Waals surface area (Å²) in [5, 5.41) is 1.64. The fourth-order valence-electron chi connectivity index (χ4n) is 4.07. The van der Waals surface area contributed by atoms with E-state index in [1.54, 1.807) is 38.5 Å². The van der Waals surface area contributed by atoms with Gasteiger partial charge in [-0.2, -0.15) is 0 Å². The Morgan fingerprint density at radius 2 is 1.86 bits per heavy atom. The molecule has 10 heteroatoms. The number of furan rings is 1. The zero-order valence-corrected chi connectivity index (χ0v) is 20.2. The first kappa shape index (κ1) is 24.3. The number of hydrogen-bond acceptors (Lipinski definition) is 7. The number of nitrogens with zero attached hydrogens (tertiary/aromatic N) is 1. The predicted octanol–water partition coefficient (Wildman–Crippen LogP) is 2.91. The molecular weight excluding hydrogens is 472 g/mol. The summed E-state index contributed by atoms with van der Waals surface area (Å²) in [7, 11) is -0.810. The normalized spacial score (nSPS) is 16.8. The number of carbonyl (C=O) groups excluding carboxylic acids is 2. The molecule has 1 aromatic heterocycles. The van der Waals surface area contributed by atoms with Crippen LogP contribution in [0.1, 0.15) is 23.0 Å². The molecule has 2 aromatic carbocycles. The quantitative estimate of drug-likeness (QED) is 0.508. The number of benzene rings is 2. The zero-order chi connectivity index (χ0) is 25.0. The van der Waals surface area contributed by atoms with Crippen molar-refractivity contribution in [3.05, 3.63) is 72.2 Å². The van der Waals surface area contributed by atoms with E-state index in [2.05, 4.69) is 5.32 Å². The molecule has 0 spiro atoms. The van der Waals surface area contributed by atoms with Crippen molar-refractivity contribution < 1.29 is 31.9 Å². The Bertz CT molecular complexity index is 1320. The Kier molecular flexibility index (Phi) is 7.11. The lowest BCUT2D eigenvalue weighted by molar-refractivity contribution is -0.123. The van der Waals surface area contributed by atoms with E-state index in [0.29, 0.717) is 24.5 Å². The number of hydrogen-bond donors (Lipinski definition) is 1. The van der Waals surface area contributed by atoms with Crippen LogP contribution in [0, 0.1) is 0 Å². The SMILES string of the molecule is COc1ccc(CCNC(=O)CN2C(=O)CC(c3ccco3)S(=O)(=O)c3ccccc32)cc1OC. The van der Waals surface area contributed by atoms with Crippen molar-refractivity contribution in [2.75, 3.05) is 32.2 Å². The van der Waals surface area contributed by atoms with Gasteiger partial charge in [-0.15, -0.1) is 0 Å². The molecule has 0 saturated carbocycles. The van der Waals surface area contributed by atoms with Gasteiger partial charge in [-0.1, -0.05) is 18.2 Å². The summed E-state index contributed by atoms with van der Waals surface area (Å²) in [6, 6.07) is 14.8. The maximum Gasteiger partial charge on any atom is 0.240 e. The van der Waals surface area contributed by atoms with Crippen molar-refractivity contribution in [3.8, 4) is 11.5 Å². The predicted molar refractivity (Wildman–Crippen MR) is 128 cm³/mol. The highest BCUT2D eigenvalue weighted by atomic mass is 32.2. The molecule has 3 aromatic rings. The minimum absolute atomic E-state index is 0.00891. The third kappa shape index (κ3) is 5.02. The molecule has 1 atom stereocenters. The molecule has 0 radical (unpaired) electrons. The Balaban J connectivity index is 1.49. The topological polar surface area (TPSA) is 115 Å². The van der Waals surface area contributed by atoms with Crippen LogP contribution in [0.5, 0.6) is 11.5 Å². The van der Waals surface area contributed by atoms with Crippen LogP contribution in [0.15, 0.2) is 70.2 Å². The molecular formula is C25H26N2O7S. The van der Waals surface area contributed by atoms with Gasteiger partial charge in [0.05, 0.1) is 37.5 Å². The summed E-state index contributed by atoms with van der Waals surface area (Å²) in [5.74, 6) is 0.517. The first-order valence-corrected chi connectivity index (χ1v) is 12.5. The second-order valence-electron chi connectivity index (χ2n) is 7.99. The van der Waals surface area contributed by atoms with Gasteiger partial charge in [-0.3, -0.25) is 9.59 Å². The van der Waals surface area contributed by atoms with Gasteiger partial charge in [0.2, 0.25) is 11.8 Å². The van der Waals surface area contributed by atoms with E-state index in [9.17, 15) is 18.0 Å². The molecule has 1 unspecified atom stereocenters. The maximum atomic E-state index is 13.4. The summed E-state index contributed by atoms with van der Waals surface area (Å²) in [4.78, 5) is 27.1. The fraction of sp³-hybridized carbons (Fsp3) is 0.280.